The number of hydrogen-bond donors (Lipinski definition) is 2. The summed E-state index contributed by atoms with van der Waals surface area (Å²) in [4.78, 5) is 33.9. The molecule has 11 nitrogen and oxygen atoms in total. The zero-order chi connectivity index (χ0) is 23.4. The third kappa shape index (κ3) is 13.3. The van der Waals surface area contributed by atoms with Crippen molar-refractivity contribution in [3.05, 3.63) is 0 Å². The Morgan fingerprint density at radius 3 is 2.23 bits per heavy atom. The molecule has 1 amide bonds. The summed E-state index contributed by atoms with van der Waals surface area (Å²) in [5, 5.41) is 12.6. The summed E-state index contributed by atoms with van der Waals surface area (Å²) in [5.74, 6) is -1.53. The van der Waals surface area contributed by atoms with Gasteiger partial charge in [0.05, 0.1) is 31.7 Å². The molecular weight excluding hydrogens is 422 g/mol. The van der Waals surface area contributed by atoms with Crippen molar-refractivity contribution >= 4 is 28.1 Å². The van der Waals surface area contributed by atoms with Crippen molar-refractivity contribution in [3.8, 4) is 0 Å². The maximum atomic E-state index is 12.0. The van der Waals surface area contributed by atoms with Crippen LogP contribution in [0.1, 0.15) is 47.5 Å². The van der Waals surface area contributed by atoms with Crippen LogP contribution in [0.3, 0.4) is 0 Å². The van der Waals surface area contributed by atoms with E-state index in [1.165, 1.54) is 20.8 Å². The average molecular weight is 456 g/mol. The first-order valence-electron chi connectivity index (χ1n) is 9.56. The van der Waals surface area contributed by atoms with Crippen LogP contribution in [0, 0.1) is 5.41 Å². The van der Waals surface area contributed by atoms with Crippen LogP contribution in [0.2, 0.25) is 0 Å². The topological polar surface area (TPSA) is 155 Å². The number of hydrogen-bond acceptors (Lipinski definition) is 10. The molecule has 2 N–H and O–H groups in total. The Morgan fingerprint density at radius 2 is 1.67 bits per heavy atom. The van der Waals surface area contributed by atoms with Crippen LogP contribution in [-0.2, 0) is 38.1 Å². The lowest BCUT2D eigenvalue weighted by atomic mass is 9.88. The Kier molecular flexibility index (Phi) is 12.5. The maximum absolute atomic E-state index is 12.0. The molecule has 0 saturated carbocycles. The van der Waals surface area contributed by atoms with Gasteiger partial charge in [-0.05, 0) is 20.3 Å². The van der Waals surface area contributed by atoms with E-state index in [0.29, 0.717) is 0 Å². The fourth-order valence-electron chi connectivity index (χ4n) is 1.90. The van der Waals surface area contributed by atoms with Crippen LogP contribution in [0.15, 0.2) is 0 Å². The quantitative estimate of drug-likeness (QED) is 0.218. The summed E-state index contributed by atoms with van der Waals surface area (Å²) in [7, 11) is -3.89. The Balaban J connectivity index is 4.27. The number of amides is 1. The minimum atomic E-state index is -3.89. The Labute approximate surface area is 177 Å². The van der Waals surface area contributed by atoms with Crippen LogP contribution in [-0.4, -0.2) is 75.9 Å². The molecule has 176 valence electrons. The van der Waals surface area contributed by atoms with Gasteiger partial charge in [0.15, 0.2) is 6.10 Å². The maximum Gasteiger partial charge on any atom is 0.508 e. The first kappa shape index (κ1) is 28.1. The van der Waals surface area contributed by atoms with E-state index in [1.807, 2.05) is 0 Å². The van der Waals surface area contributed by atoms with Crippen LogP contribution in [0.5, 0.6) is 0 Å². The van der Waals surface area contributed by atoms with Crippen molar-refractivity contribution in [2.24, 2.45) is 5.41 Å². The lowest BCUT2D eigenvalue weighted by Crippen LogP contribution is -2.41. The van der Waals surface area contributed by atoms with E-state index in [4.69, 9.17) is 18.4 Å². The van der Waals surface area contributed by atoms with E-state index in [1.54, 1.807) is 13.8 Å². The molecule has 0 saturated heterocycles. The smallest absolute Gasteiger partial charge is 0.464 e. The highest BCUT2D eigenvalue weighted by atomic mass is 32.2. The van der Waals surface area contributed by atoms with E-state index >= 15 is 0 Å². The molecule has 0 bridgehead atoms. The second-order valence-corrected chi connectivity index (χ2v) is 9.30. The van der Waals surface area contributed by atoms with Gasteiger partial charge in [0, 0.05) is 25.3 Å². The average Bonchev–Trinajstić information content (AvgIpc) is 2.62. The molecule has 0 heterocycles. The second-order valence-electron chi connectivity index (χ2n) is 7.54. The SMILES string of the molecule is CC(=O)NCCCS(=O)(=O)OCC(C)(C)[C@@H](O)C(=O)OCCCOC(=O)OC(C)C. The van der Waals surface area contributed by atoms with Crippen molar-refractivity contribution < 1.29 is 46.3 Å². The third-order valence-corrected chi connectivity index (χ3v) is 4.87. The normalized spacial score (nSPS) is 12.9. The predicted molar refractivity (Wildman–Crippen MR) is 106 cm³/mol. The summed E-state index contributed by atoms with van der Waals surface area (Å²) in [6.07, 6.45) is -2.40. The van der Waals surface area contributed by atoms with Gasteiger partial charge in [-0.1, -0.05) is 13.8 Å². The van der Waals surface area contributed by atoms with Crippen LogP contribution in [0.4, 0.5) is 4.79 Å². The third-order valence-electron chi connectivity index (χ3n) is 3.60. The van der Waals surface area contributed by atoms with Crippen LogP contribution in [0.25, 0.3) is 0 Å². The van der Waals surface area contributed by atoms with Gasteiger partial charge in [-0.25, -0.2) is 9.59 Å². The highest BCUT2D eigenvalue weighted by Crippen LogP contribution is 2.23. The van der Waals surface area contributed by atoms with Gasteiger partial charge >= 0.3 is 12.1 Å². The number of carbonyl (C=O) groups excluding carboxylic acids is 3. The van der Waals surface area contributed by atoms with E-state index in [9.17, 15) is 27.9 Å². The Bertz CT molecular complexity index is 660. The summed E-state index contributed by atoms with van der Waals surface area (Å²) in [6.45, 7) is 7.20. The fourth-order valence-corrected chi connectivity index (χ4v) is 3.00. The molecule has 12 heteroatoms. The molecule has 0 fully saturated rings. The number of esters is 1. The first-order chi connectivity index (χ1) is 13.8. The molecule has 0 aliphatic rings. The van der Waals surface area contributed by atoms with E-state index in [2.05, 4.69) is 5.32 Å². The fraction of sp³-hybridized carbons (Fsp3) is 0.833. The second kappa shape index (κ2) is 13.4. The molecule has 0 unspecified atom stereocenters. The number of carbonyl (C=O) groups is 3. The zero-order valence-corrected chi connectivity index (χ0v) is 19.0. The number of nitrogens with one attached hydrogen (secondary N) is 1. The van der Waals surface area contributed by atoms with Gasteiger partial charge in [-0.3, -0.25) is 8.98 Å². The molecule has 0 radical (unpaired) electrons. The minimum Gasteiger partial charge on any atom is -0.464 e. The van der Waals surface area contributed by atoms with Crippen molar-refractivity contribution in [1.29, 1.82) is 0 Å². The number of aliphatic hydroxyl groups is 1. The molecule has 30 heavy (non-hydrogen) atoms. The lowest BCUT2D eigenvalue weighted by molar-refractivity contribution is -0.161. The van der Waals surface area contributed by atoms with E-state index in [0.717, 1.165) is 0 Å². The van der Waals surface area contributed by atoms with Crippen LogP contribution >= 0.6 is 0 Å². The van der Waals surface area contributed by atoms with Gasteiger partial charge in [-0.2, -0.15) is 8.42 Å². The lowest BCUT2D eigenvalue weighted by Gasteiger charge is -2.28. The van der Waals surface area contributed by atoms with Gasteiger partial charge in [0.2, 0.25) is 5.91 Å². The minimum absolute atomic E-state index is 0.0296. The molecule has 0 rings (SSSR count). The van der Waals surface area contributed by atoms with Crippen molar-refractivity contribution in [3.63, 3.8) is 0 Å². The number of aliphatic hydroxyl groups excluding tert-OH is 1. The number of ether oxygens (including phenoxy) is 3. The molecule has 0 aromatic rings. The predicted octanol–water partition coefficient (Wildman–Crippen LogP) is 0.741. The van der Waals surface area contributed by atoms with Crippen molar-refractivity contribution in [1.82, 2.24) is 5.32 Å². The summed E-state index contributed by atoms with van der Waals surface area (Å²) < 4.78 is 43.1. The monoisotopic (exact) mass is 455 g/mol. The zero-order valence-electron chi connectivity index (χ0n) is 18.1. The standard InChI is InChI=1S/C18H33NO10S/c1-13(2)29-17(23)27-10-7-9-26-16(22)15(21)18(4,5)12-28-30(24,25)11-6-8-19-14(3)20/h13,15,21H,6-12H2,1-5H3,(H,19,20)/t15-/m0/s1. The molecule has 0 aromatic heterocycles. The van der Waals surface area contributed by atoms with Gasteiger partial charge in [-0.15, -0.1) is 0 Å². The Hall–Kier alpha value is -1.92. The highest BCUT2D eigenvalue weighted by molar-refractivity contribution is 7.86. The van der Waals surface area contributed by atoms with Crippen LogP contribution < -0.4 is 5.32 Å². The van der Waals surface area contributed by atoms with Crippen molar-refractivity contribution in [2.75, 3.05) is 32.1 Å². The molecule has 0 spiro atoms. The highest BCUT2D eigenvalue weighted by Gasteiger charge is 2.36. The molecular formula is C18H33NO10S. The number of rotatable bonds is 14. The van der Waals surface area contributed by atoms with Crippen molar-refractivity contribution in [2.45, 2.75) is 59.7 Å². The largest absolute Gasteiger partial charge is 0.508 e. The summed E-state index contributed by atoms with van der Waals surface area (Å²) >= 11 is 0. The summed E-state index contributed by atoms with van der Waals surface area (Å²) in [5.41, 5.74) is -1.24. The summed E-state index contributed by atoms with van der Waals surface area (Å²) in [6, 6.07) is 0. The molecule has 0 aliphatic heterocycles. The molecule has 0 aliphatic carbocycles. The van der Waals surface area contributed by atoms with Gasteiger partial charge in [0.1, 0.15) is 0 Å². The van der Waals surface area contributed by atoms with Gasteiger partial charge in [0.25, 0.3) is 10.1 Å². The van der Waals surface area contributed by atoms with E-state index < -0.39 is 40.4 Å². The molecule has 0 aromatic carbocycles. The first-order valence-corrected chi connectivity index (χ1v) is 11.1. The van der Waals surface area contributed by atoms with Gasteiger partial charge < -0.3 is 24.6 Å². The Morgan fingerprint density at radius 1 is 1.07 bits per heavy atom. The van der Waals surface area contributed by atoms with E-state index in [-0.39, 0.29) is 50.4 Å². The molecule has 1 atom stereocenters.